The van der Waals surface area contributed by atoms with Gasteiger partial charge in [-0.3, -0.25) is 4.79 Å². The summed E-state index contributed by atoms with van der Waals surface area (Å²) in [5, 5.41) is 3.02. The molecule has 0 saturated heterocycles. The molecule has 0 aliphatic carbocycles. The zero-order chi connectivity index (χ0) is 12.1. The first-order chi connectivity index (χ1) is 7.56. The first-order valence-corrected chi connectivity index (χ1v) is 6.72. The van der Waals surface area contributed by atoms with Crippen LogP contribution in [0.2, 0.25) is 0 Å². The van der Waals surface area contributed by atoms with Crippen molar-refractivity contribution in [2.75, 3.05) is 6.26 Å². The Bertz CT molecular complexity index is 363. The standard InChI is InChI=1S/C13H19NOS/c1-9(2)10(3)14-13(15)11-7-5-6-8-12(11)16-4/h5-10H,1-4H3,(H,14,15)/t10-/m0/s1. The van der Waals surface area contributed by atoms with Crippen LogP contribution in [0.3, 0.4) is 0 Å². The van der Waals surface area contributed by atoms with E-state index in [9.17, 15) is 4.79 Å². The second-order valence-electron chi connectivity index (χ2n) is 4.21. The molecule has 0 bridgehead atoms. The molecule has 0 unspecified atom stereocenters. The van der Waals surface area contributed by atoms with Crippen LogP contribution >= 0.6 is 11.8 Å². The fourth-order valence-corrected chi connectivity index (χ4v) is 1.88. The summed E-state index contributed by atoms with van der Waals surface area (Å²) in [5.74, 6) is 0.469. The molecule has 16 heavy (non-hydrogen) atoms. The normalized spacial score (nSPS) is 12.6. The molecule has 0 fully saturated rings. The quantitative estimate of drug-likeness (QED) is 0.815. The molecule has 2 nitrogen and oxygen atoms in total. The summed E-state index contributed by atoms with van der Waals surface area (Å²) in [4.78, 5) is 13.0. The van der Waals surface area contributed by atoms with Gasteiger partial charge in [-0.05, 0) is 31.2 Å². The molecule has 0 spiro atoms. The topological polar surface area (TPSA) is 29.1 Å². The lowest BCUT2D eigenvalue weighted by Gasteiger charge is -2.18. The zero-order valence-electron chi connectivity index (χ0n) is 10.3. The van der Waals surface area contributed by atoms with E-state index >= 15 is 0 Å². The third-order valence-corrected chi connectivity index (χ3v) is 3.51. The minimum absolute atomic E-state index is 0.0196. The summed E-state index contributed by atoms with van der Waals surface area (Å²) in [6, 6.07) is 7.89. The summed E-state index contributed by atoms with van der Waals surface area (Å²) < 4.78 is 0. The SMILES string of the molecule is CSc1ccccc1C(=O)N[C@@H](C)C(C)C. The molecule has 0 aliphatic rings. The third kappa shape index (κ3) is 3.27. The van der Waals surface area contributed by atoms with Crippen LogP contribution in [0, 0.1) is 5.92 Å². The van der Waals surface area contributed by atoms with Crippen LogP contribution in [0.5, 0.6) is 0 Å². The van der Waals surface area contributed by atoms with Crippen LogP contribution < -0.4 is 5.32 Å². The molecule has 1 amide bonds. The average Bonchev–Trinajstić information content (AvgIpc) is 2.28. The van der Waals surface area contributed by atoms with Gasteiger partial charge in [0.15, 0.2) is 0 Å². The fourth-order valence-electron chi connectivity index (χ4n) is 1.28. The molecule has 1 rings (SSSR count). The van der Waals surface area contributed by atoms with Gasteiger partial charge < -0.3 is 5.32 Å². The number of carbonyl (C=O) groups is 1. The summed E-state index contributed by atoms with van der Waals surface area (Å²) in [6.07, 6.45) is 1.98. The molecule has 1 N–H and O–H groups in total. The Labute approximate surface area is 102 Å². The van der Waals surface area contributed by atoms with Crippen molar-refractivity contribution in [1.82, 2.24) is 5.32 Å². The van der Waals surface area contributed by atoms with Crippen LogP contribution in [0.25, 0.3) is 0 Å². The van der Waals surface area contributed by atoms with Gasteiger partial charge in [-0.25, -0.2) is 0 Å². The molecule has 1 aromatic carbocycles. The highest BCUT2D eigenvalue weighted by atomic mass is 32.2. The maximum Gasteiger partial charge on any atom is 0.252 e. The molecule has 0 saturated carbocycles. The maximum atomic E-state index is 12.0. The smallest absolute Gasteiger partial charge is 0.252 e. The summed E-state index contributed by atoms with van der Waals surface area (Å²) in [5.41, 5.74) is 0.766. The van der Waals surface area contributed by atoms with E-state index in [1.165, 1.54) is 0 Å². The number of nitrogens with one attached hydrogen (secondary N) is 1. The molecule has 0 radical (unpaired) electrons. The van der Waals surface area contributed by atoms with Crippen LogP contribution in [-0.2, 0) is 0 Å². The van der Waals surface area contributed by atoms with E-state index in [2.05, 4.69) is 19.2 Å². The van der Waals surface area contributed by atoms with E-state index in [-0.39, 0.29) is 11.9 Å². The molecule has 0 aliphatic heterocycles. The zero-order valence-corrected chi connectivity index (χ0v) is 11.1. The second-order valence-corrected chi connectivity index (χ2v) is 5.05. The fraction of sp³-hybridized carbons (Fsp3) is 0.462. The summed E-state index contributed by atoms with van der Waals surface area (Å²) in [7, 11) is 0. The number of hydrogen-bond donors (Lipinski definition) is 1. The molecular formula is C13H19NOS. The number of benzene rings is 1. The van der Waals surface area contributed by atoms with Gasteiger partial charge in [-0.2, -0.15) is 0 Å². The van der Waals surface area contributed by atoms with Crippen LogP contribution in [0.1, 0.15) is 31.1 Å². The summed E-state index contributed by atoms with van der Waals surface area (Å²) >= 11 is 1.60. The van der Waals surface area contributed by atoms with Crippen molar-refractivity contribution < 1.29 is 4.79 Å². The van der Waals surface area contributed by atoms with Gasteiger partial charge in [-0.15, -0.1) is 11.8 Å². The molecular weight excluding hydrogens is 218 g/mol. The van der Waals surface area contributed by atoms with E-state index in [0.717, 1.165) is 10.5 Å². The number of hydrogen-bond acceptors (Lipinski definition) is 2. The van der Waals surface area contributed by atoms with Gasteiger partial charge in [0.1, 0.15) is 0 Å². The van der Waals surface area contributed by atoms with Crippen LogP contribution in [-0.4, -0.2) is 18.2 Å². The number of amides is 1. The highest BCUT2D eigenvalue weighted by Crippen LogP contribution is 2.19. The first-order valence-electron chi connectivity index (χ1n) is 5.50. The number of rotatable bonds is 4. The predicted molar refractivity (Wildman–Crippen MR) is 70.0 cm³/mol. The van der Waals surface area contributed by atoms with Gasteiger partial charge in [0, 0.05) is 10.9 Å². The van der Waals surface area contributed by atoms with E-state index in [1.807, 2.05) is 37.4 Å². The van der Waals surface area contributed by atoms with Crippen molar-refractivity contribution in [3.05, 3.63) is 29.8 Å². The van der Waals surface area contributed by atoms with Crippen LogP contribution in [0.4, 0.5) is 0 Å². The maximum absolute atomic E-state index is 12.0. The number of carbonyl (C=O) groups excluding carboxylic acids is 1. The van der Waals surface area contributed by atoms with Crippen molar-refractivity contribution >= 4 is 17.7 Å². The summed E-state index contributed by atoms with van der Waals surface area (Å²) in [6.45, 7) is 6.24. The van der Waals surface area contributed by atoms with Crippen molar-refractivity contribution in [1.29, 1.82) is 0 Å². The average molecular weight is 237 g/mol. The van der Waals surface area contributed by atoms with Gasteiger partial charge in [-0.1, -0.05) is 26.0 Å². The van der Waals surface area contributed by atoms with E-state index in [4.69, 9.17) is 0 Å². The molecule has 88 valence electrons. The van der Waals surface area contributed by atoms with Gasteiger partial charge in [0.25, 0.3) is 5.91 Å². The van der Waals surface area contributed by atoms with Crippen molar-refractivity contribution in [2.24, 2.45) is 5.92 Å². The molecule has 3 heteroatoms. The second kappa shape index (κ2) is 5.94. The van der Waals surface area contributed by atoms with Gasteiger partial charge in [0.05, 0.1) is 5.56 Å². The molecule has 0 aromatic heterocycles. The predicted octanol–water partition coefficient (Wildman–Crippen LogP) is 3.18. The molecule has 0 heterocycles. The Morgan fingerprint density at radius 3 is 2.44 bits per heavy atom. The third-order valence-electron chi connectivity index (χ3n) is 2.71. The minimum atomic E-state index is 0.0196. The largest absolute Gasteiger partial charge is 0.349 e. The highest BCUT2D eigenvalue weighted by molar-refractivity contribution is 7.98. The lowest BCUT2D eigenvalue weighted by atomic mass is 10.1. The Morgan fingerprint density at radius 1 is 1.25 bits per heavy atom. The van der Waals surface area contributed by atoms with E-state index < -0.39 is 0 Å². The Hall–Kier alpha value is -0.960. The minimum Gasteiger partial charge on any atom is -0.349 e. The lowest BCUT2D eigenvalue weighted by molar-refractivity contribution is 0.0927. The van der Waals surface area contributed by atoms with E-state index in [1.54, 1.807) is 11.8 Å². The Kier molecular flexibility index (Phi) is 4.87. The lowest BCUT2D eigenvalue weighted by Crippen LogP contribution is -2.36. The Balaban J connectivity index is 2.80. The number of thioether (sulfide) groups is 1. The van der Waals surface area contributed by atoms with Crippen molar-refractivity contribution in [2.45, 2.75) is 31.7 Å². The molecule has 1 aromatic rings. The van der Waals surface area contributed by atoms with Crippen molar-refractivity contribution in [3.8, 4) is 0 Å². The van der Waals surface area contributed by atoms with Crippen molar-refractivity contribution in [3.63, 3.8) is 0 Å². The highest BCUT2D eigenvalue weighted by Gasteiger charge is 2.14. The first kappa shape index (κ1) is 13.1. The Morgan fingerprint density at radius 2 is 1.88 bits per heavy atom. The molecule has 1 atom stereocenters. The van der Waals surface area contributed by atoms with E-state index in [0.29, 0.717) is 5.92 Å². The van der Waals surface area contributed by atoms with Gasteiger partial charge in [0.2, 0.25) is 0 Å². The van der Waals surface area contributed by atoms with Crippen LogP contribution in [0.15, 0.2) is 29.2 Å². The monoisotopic (exact) mass is 237 g/mol. The van der Waals surface area contributed by atoms with Gasteiger partial charge >= 0.3 is 0 Å².